The Balaban J connectivity index is 0.000000198. The van der Waals surface area contributed by atoms with E-state index in [1.807, 2.05) is 0 Å². The average molecular weight is 1150 g/mol. The van der Waals surface area contributed by atoms with E-state index >= 15 is 0 Å². The van der Waals surface area contributed by atoms with E-state index in [0.29, 0.717) is 91.4 Å². The molecule has 0 saturated carbocycles. The summed E-state index contributed by atoms with van der Waals surface area (Å²) in [6, 6.07) is 16.4. The van der Waals surface area contributed by atoms with Gasteiger partial charge >= 0.3 is 12.1 Å². The lowest BCUT2D eigenvalue weighted by atomic mass is 10.1. The summed E-state index contributed by atoms with van der Waals surface area (Å²) in [4.78, 5) is 77.7. The predicted octanol–water partition coefficient (Wildman–Crippen LogP) is 7.56. The Morgan fingerprint density at radius 1 is 0.585 bits per heavy atom. The zero-order chi connectivity index (χ0) is 58.5. The number of nitrogens with one attached hydrogen (secondary N) is 4. The minimum atomic E-state index is -0.439. The van der Waals surface area contributed by atoms with Crippen LogP contribution in [0.25, 0.3) is 22.8 Å². The van der Waals surface area contributed by atoms with Gasteiger partial charge in [0, 0.05) is 73.0 Å². The molecule has 2 aliphatic heterocycles. The maximum Gasteiger partial charge on any atom is 0.330 e. The van der Waals surface area contributed by atoms with Gasteiger partial charge in [-0.15, -0.1) is 20.4 Å². The fourth-order valence-corrected chi connectivity index (χ4v) is 9.08. The molecule has 4 N–H and O–H groups in total. The molecule has 0 spiro atoms. The summed E-state index contributed by atoms with van der Waals surface area (Å²) < 4.78 is 21.4. The third-order valence-corrected chi connectivity index (χ3v) is 13.2. The molecule has 420 valence electrons. The number of tetrazole rings is 2. The molecule has 0 radical (unpaired) electrons. The molecular formula is C52H50Cl2N20O8. The lowest BCUT2D eigenvalue weighted by Crippen LogP contribution is -2.46. The van der Waals surface area contributed by atoms with E-state index in [4.69, 9.17) is 42.1 Å². The molecule has 0 aliphatic carbocycles. The van der Waals surface area contributed by atoms with Crippen LogP contribution in [0.15, 0.2) is 98.4 Å². The van der Waals surface area contributed by atoms with Gasteiger partial charge in [-0.2, -0.15) is 19.6 Å². The van der Waals surface area contributed by atoms with Gasteiger partial charge in [-0.1, -0.05) is 36.4 Å². The molecule has 82 heavy (non-hydrogen) atoms. The standard InChI is InChI=1S/C26H24Cl2N10O4.C26H26N10O4/c1-6-19(39)30-16-9-13(23-33-35-37(3)34-23)7-8-15(16)31-25-29-11-14-12-38(26(40)36(2)24(14)32-25)22-20(27)17(41-4)10-18(42-5)21(22)28;1-6-22(37)28-21-9-15(23-31-33-35(3)32-23)7-8-20(21)29-25-27-13-16-14-36(26(38)34(2)24(16)30-25)17-10-18(39-4)12-19(11-17)40-5/h6-11H,1,12H2,2-5H3,(H,30,39)(H,29,31,32);6-13H,1,14H2,2-5H3,(H,28,37)(H,27,29,30). The molecule has 28 nitrogen and oxygen atoms in total. The summed E-state index contributed by atoms with van der Waals surface area (Å²) in [5.74, 6) is 2.89. The minimum Gasteiger partial charge on any atom is -0.497 e. The van der Waals surface area contributed by atoms with Gasteiger partial charge in [0.2, 0.25) is 35.4 Å². The van der Waals surface area contributed by atoms with Crippen molar-refractivity contribution in [3.63, 3.8) is 0 Å². The van der Waals surface area contributed by atoms with Crippen LogP contribution in [0.3, 0.4) is 0 Å². The number of carbonyl (C=O) groups excluding carboxylic acids is 4. The summed E-state index contributed by atoms with van der Waals surface area (Å²) in [5, 5.41) is 36.2. The molecular weight excluding hydrogens is 1100 g/mol. The smallest absolute Gasteiger partial charge is 0.330 e. The van der Waals surface area contributed by atoms with Gasteiger partial charge in [0.1, 0.15) is 44.7 Å². The number of benzene rings is 4. The fraction of sp³-hybridized carbons (Fsp3) is 0.192. The molecule has 6 heterocycles. The molecule has 0 bridgehead atoms. The molecule has 0 saturated heterocycles. The van der Waals surface area contributed by atoms with Gasteiger partial charge < -0.3 is 40.2 Å². The number of fused-ring (bicyclic) bond motifs is 2. The Morgan fingerprint density at radius 2 is 1.02 bits per heavy atom. The van der Waals surface area contributed by atoms with Crippen molar-refractivity contribution in [2.45, 2.75) is 13.1 Å². The number of nitrogens with zero attached hydrogens (tertiary/aromatic N) is 16. The Labute approximate surface area is 477 Å². The summed E-state index contributed by atoms with van der Waals surface area (Å²) in [7, 11) is 12.5. The molecule has 30 heteroatoms. The van der Waals surface area contributed by atoms with Gasteiger partial charge in [0.05, 0.1) is 89.7 Å². The lowest BCUT2D eigenvalue weighted by molar-refractivity contribution is -0.112. The molecule has 8 aromatic rings. The highest BCUT2D eigenvalue weighted by Gasteiger charge is 2.36. The van der Waals surface area contributed by atoms with Crippen molar-refractivity contribution in [3.8, 4) is 45.8 Å². The quantitative estimate of drug-likeness (QED) is 0.0678. The average Bonchev–Trinajstić information content (AvgIpc) is 4.30. The SMILES string of the molecule is C=CC(=O)Nc1cc(-c2nnn(C)n2)ccc1Nc1ncc2c(n1)N(C)C(=O)N(c1c(Cl)c(OC)cc(OC)c1Cl)C2.C=CC(=O)Nc1cc(-c2nnn(C)n2)ccc1Nc1ncc2c(n1)N(C)C(=O)N(c1cc(OC)cc(OC)c1)C2. The predicted molar refractivity (Wildman–Crippen MR) is 306 cm³/mol. The summed E-state index contributed by atoms with van der Waals surface area (Å²) in [6.45, 7) is 7.35. The van der Waals surface area contributed by atoms with E-state index in [-0.39, 0.29) is 46.7 Å². The summed E-state index contributed by atoms with van der Waals surface area (Å²) >= 11 is 13.2. The second kappa shape index (κ2) is 23.9. The Bertz CT molecular complexity index is 3790. The monoisotopic (exact) mass is 1150 g/mol. The maximum absolute atomic E-state index is 13.5. The molecule has 6 amide bonds. The number of hydrogen-bond donors (Lipinski definition) is 4. The molecule has 2 aliphatic rings. The zero-order valence-electron chi connectivity index (χ0n) is 45.1. The van der Waals surface area contributed by atoms with Crippen LogP contribution in [0.4, 0.5) is 67.2 Å². The van der Waals surface area contributed by atoms with Crippen molar-refractivity contribution in [1.29, 1.82) is 0 Å². The molecule has 0 atom stereocenters. The topological polar surface area (TPSA) is 305 Å². The number of carbonyl (C=O) groups is 4. The van der Waals surface area contributed by atoms with Crippen LogP contribution in [-0.4, -0.2) is 127 Å². The third-order valence-electron chi connectivity index (χ3n) is 12.4. The minimum absolute atomic E-state index is 0.0784. The first kappa shape index (κ1) is 56.2. The van der Waals surface area contributed by atoms with Crippen molar-refractivity contribution in [2.75, 3.05) is 83.4 Å². The molecule has 4 aromatic heterocycles. The van der Waals surface area contributed by atoms with Crippen LogP contribution < -0.4 is 59.8 Å². The van der Waals surface area contributed by atoms with Crippen LogP contribution in [0, 0.1) is 0 Å². The number of rotatable bonds is 16. The van der Waals surface area contributed by atoms with E-state index < -0.39 is 17.8 Å². The Hall–Kier alpha value is -10.5. The van der Waals surface area contributed by atoms with Crippen LogP contribution in [0.5, 0.6) is 23.0 Å². The van der Waals surface area contributed by atoms with Gasteiger partial charge in [-0.25, -0.2) is 19.6 Å². The van der Waals surface area contributed by atoms with Crippen molar-refractivity contribution in [3.05, 3.63) is 120 Å². The van der Waals surface area contributed by atoms with Crippen molar-refractivity contribution in [2.24, 2.45) is 14.1 Å². The highest BCUT2D eigenvalue weighted by molar-refractivity contribution is 6.42. The number of aryl methyl sites for hydroxylation is 2. The van der Waals surface area contributed by atoms with Crippen LogP contribution in [-0.2, 0) is 36.8 Å². The molecule has 10 rings (SSSR count). The number of urea groups is 2. The number of halogens is 2. The second-order valence-electron chi connectivity index (χ2n) is 17.6. The largest absolute Gasteiger partial charge is 0.497 e. The van der Waals surface area contributed by atoms with Gasteiger partial charge in [-0.3, -0.25) is 29.2 Å². The molecule has 0 unspecified atom stereocenters. The van der Waals surface area contributed by atoms with E-state index in [1.165, 1.54) is 38.5 Å². The number of amides is 6. The van der Waals surface area contributed by atoms with Crippen LogP contribution >= 0.6 is 23.2 Å². The van der Waals surface area contributed by atoms with Gasteiger partial charge in [0.15, 0.2) is 0 Å². The van der Waals surface area contributed by atoms with Crippen LogP contribution in [0.2, 0.25) is 10.0 Å². The lowest BCUT2D eigenvalue weighted by Gasteiger charge is -2.35. The highest BCUT2D eigenvalue weighted by atomic mass is 35.5. The number of aromatic nitrogens is 12. The highest BCUT2D eigenvalue weighted by Crippen LogP contribution is 2.48. The van der Waals surface area contributed by atoms with E-state index in [0.717, 1.165) is 17.7 Å². The molecule has 0 fully saturated rings. The van der Waals surface area contributed by atoms with Gasteiger partial charge in [-0.05, 0) is 59.0 Å². The number of hydrogen-bond acceptors (Lipinski definition) is 20. The number of anilines is 10. The first-order chi connectivity index (χ1) is 39.4. The van der Waals surface area contributed by atoms with Crippen molar-refractivity contribution < 1.29 is 38.1 Å². The van der Waals surface area contributed by atoms with Crippen molar-refractivity contribution >= 4 is 105 Å². The van der Waals surface area contributed by atoms with Crippen LogP contribution in [0.1, 0.15) is 11.1 Å². The fourth-order valence-electron chi connectivity index (χ4n) is 8.37. The summed E-state index contributed by atoms with van der Waals surface area (Å²) in [5.41, 5.74) is 5.29. The first-order valence-electron chi connectivity index (χ1n) is 24.3. The number of methoxy groups -OCH3 is 4. The van der Waals surface area contributed by atoms with Crippen molar-refractivity contribution in [1.82, 2.24) is 60.4 Å². The normalized spacial score (nSPS) is 12.6. The Morgan fingerprint density at radius 3 is 1.43 bits per heavy atom. The molecule has 4 aromatic carbocycles. The second-order valence-corrected chi connectivity index (χ2v) is 18.4. The van der Waals surface area contributed by atoms with Gasteiger partial charge in [0.25, 0.3) is 0 Å². The van der Waals surface area contributed by atoms with E-state index in [9.17, 15) is 19.2 Å². The third kappa shape index (κ3) is 11.6. The zero-order valence-corrected chi connectivity index (χ0v) is 46.6. The first-order valence-corrected chi connectivity index (χ1v) is 25.0. The van der Waals surface area contributed by atoms with E-state index in [1.54, 1.807) is 120 Å². The maximum atomic E-state index is 13.5. The Kier molecular flexibility index (Phi) is 16.4. The summed E-state index contributed by atoms with van der Waals surface area (Å²) in [6.07, 6.45) is 5.54. The van der Waals surface area contributed by atoms with E-state index in [2.05, 4.69) is 85.2 Å². The number of ether oxygens (including phenoxy) is 4.